The van der Waals surface area contributed by atoms with Gasteiger partial charge in [-0.25, -0.2) is 4.68 Å². The van der Waals surface area contributed by atoms with Crippen LogP contribution >= 0.6 is 0 Å². The van der Waals surface area contributed by atoms with E-state index in [9.17, 15) is 9.59 Å². The quantitative estimate of drug-likeness (QED) is 0.788. The minimum absolute atomic E-state index is 0.241. The van der Waals surface area contributed by atoms with E-state index in [0.29, 0.717) is 19.1 Å². The lowest BCUT2D eigenvalue weighted by Crippen LogP contribution is -2.38. The summed E-state index contributed by atoms with van der Waals surface area (Å²) in [7, 11) is 0. The summed E-state index contributed by atoms with van der Waals surface area (Å²) in [5, 5.41) is 7.12. The van der Waals surface area contributed by atoms with Crippen LogP contribution in [0.2, 0.25) is 0 Å². The standard InChI is InChI=1S/C18H21N3O3/c1-13(21-17(22)10-9-16(20-21)14-7-8-14)18(23)19-11-12-24-15-5-3-2-4-6-15/h2-6,9-10,13-14H,7-8,11-12H2,1H3,(H,19,23). The minimum atomic E-state index is -0.645. The number of benzene rings is 1. The first-order valence-corrected chi connectivity index (χ1v) is 8.20. The van der Waals surface area contributed by atoms with Crippen LogP contribution in [0.15, 0.2) is 47.3 Å². The molecule has 1 aliphatic carbocycles. The zero-order valence-corrected chi connectivity index (χ0v) is 13.6. The van der Waals surface area contributed by atoms with Gasteiger partial charge in [0.15, 0.2) is 0 Å². The molecule has 0 aliphatic heterocycles. The smallest absolute Gasteiger partial charge is 0.267 e. The van der Waals surface area contributed by atoms with Crippen molar-refractivity contribution in [2.45, 2.75) is 31.7 Å². The number of nitrogens with one attached hydrogen (secondary N) is 1. The monoisotopic (exact) mass is 327 g/mol. The first kappa shape index (κ1) is 16.2. The summed E-state index contributed by atoms with van der Waals surface area (Å²) in [4.78, 5) is 24.2. The summed E-state index contributed by atoms with van der Waals surface area (Å²) in [6.45, 7) is 2.42. The lowest BCUT2D eigenvalue weighted by atomic mass is 10.2. The van der Waals surface area contributed by atoms with E-state index in [1.54, 1.807) is 13.0 Å². The van der Waals surface area contributed by atoms with Crippen molar-refractivity contribution in [1.82, 2.24) is 15.1 Å². The van der Waals surface area contributed by atoms with E-state index in [-0.39, 0.29) is 11.5 Å². The number of carbonyl (C=O) groups is 1. The number of hydrogen-bond donors (Lipinski definition) is 1. The second-order valence-electron chi connectivity index (χ2n) is 5.94. The molecule has 1 aromatic carbocycles. The molecule has 6 heteroatoms. The molecular formula is C18H21N3O3. The Balaban J connectivity index is 1.53. The van der Waals surface area contributed by atoms with Gasteiger partial charge in [-0.2, -0.15) is 5.10 Å². The van der Waals surface area contributed by atoms with Gasteiger partial charge in [0.05, 0.1) is 12.2 Å². The first-order valence-electron chi connectivity index (χ1n) is 8.20. The largest absolute Gasteiger partial charge is 0.492 e. The van der Waals surface area contributed by atoms with E-state index in [1.807, 2.05) is 30.3 Å². The van der Waals surface area contributed by atoms with Crippen LogP contribution in [0.3, 0.4) is 0 Å². The summed E-state index contributed by atoms with van der Waals surface area (Å²) in [6.07, 6.45) is 2.20. The van der Waals surface area contributed by atoms with Gasteiger partial charge in [0.1, 0.15) is 18.4 Å². The first-order chi connectivity index (χ1) is 11.6. The predicted octanol–water partition coefficient (Wildman–Crippen LogP) is 1.88. The Hall–Kier alpha value is -2.63. The van der Waals surface area contributed by atoms with Gasteiger partial charge < -0.3 is 10.1 Å². The van der Waals surface area contributed by atoms with Gasteiger partial charge in [-0.05, 0) is 38.0 Å². The normalized spacial score (nSPS) is 14.9. The summed E-state index contributed by atoms with van der Waals surface area (Å²) >= 11 is 0. The minimum Gasteiger partial charge on any atom is -0.492 e. The molecule has 126 valence electrons. The van der Waals surface area contributed by atoms with Crippen LogP contribution in [-0.2, 0) is 4.79 Å². The van der Waals surface area contributed by atoms with Crippen molar-refractivity contribution in [1.29, 1.82) is 0 Å². The van der Waals surface area contributed by atoms with Crippen molar-refractivity contribution in [2.24, 2.45) is 0 Å². The second kappa shape index (κ2) is 7.29. The van der Waals surface area contributed by atoms with Crippen LogP contribution < -0.4 is 15.6 Å². The number of hydrogen-bond acceptors (Lipinski definition) is 4. The second-order valence-corrected chi connectivity index (χ2v) is 5.94. The highest BCUT2D eigenvalue weighted by atomic mass is 16.5. The lowest BCUT2D eigenvalue weighted by Gasteiger charge is -2.15. The molecule has 1 fully saturated rings. The molecule has 1 atom stereocenters. The molecule has 0 saturated heterocycles. The summed E-state index contributed by atoms with van der Waals surface area (Å²) < 4.78 is 6.79. The molecule has 24 heavy (non-hydrogen) atoms. The molecule has 1 aliphatic rings. The van der Waals surface area contributed by atoms with Crippen LogP contribution in [0.25, 0.3) is 0 Å². The summed E-state index contributed by atoms with van der Waals surface area (Å²) in [6, 6.07) is 12.0. The zero-order valence-electron chi connectivity index (χ0n) is 13.6. The van der Waals surface area contributed by atoms with Gasteiger partial charge in [0.25, 0.3) is 5.56 Å². The van der Waals surface area contributed by atoms with Crippen LogP contribution in [0, 0.1) is 0 Å². The van der Waals surface area contributed by atoms with Crippen molar-refractivity contribution in [2.75, 3.05) is 13.2 Å². The molecule has 1 unspecified atom stereocenters. The zero-order chi connectivity index (χ0) is 16.9. The molecule has 1 saturated carbocycles. The fourth-order valence-electron chi connectivity index (χ4n) is 2.43. The van der Waals surface area contributed by atoms with Gasteiger partial charge >= 0.3 is 0 Å². The van der Waals surface area contributed by atoms with Gasteiger partial charge in [0, 0.05) is 12.0 Å². The number of aromatic nitrogens is 2. The number of rotatable bonds is 7. The van der Waals surface area contributed by atoms with Crippen LogP contribution in [0.5, 0.6) is 5.75 Å². The van der Waals surface area contributed by atoms with Crippen molar-refractivity contribution >= 4 is 5.91 Å². The molecule has 6 nitrogen and oxygen atoms in total. The van der Waals surface area contributed by atoms with Crippen LogP contribution in [-0.4, -0.2) is 28.8 Å². The molecule has 1 amide bonds. The number of ether oxygens (including phenoxy) is 1. The molecule has 1 aromatic heterocycles. The van der Waals surface area contributed by atoms with Gasteiger partial charge in [-0.3, -0.25) is 9.59 Å². The Morgan fingerprint density at radius 3 is 2.75 bits per heavy atom. The maximum atomic E-state index is 12.2. The molecule has 0 bridgehead atoms. The van der Waals surface area contributed by atoms with E-state index in [0.717, 1.165) is 24.3 Å². The van der Waals surface area contributed by atoms with Crippen molar-refractivity contribution in [3.63, 3.8) is 0 Å². The van der Waals surface area contributed by atoms with E-state index in [4.69, 9.17) is 4.74 Å². The molecule has 2 aromatic rings. The highest BCUT2D eigenvalue weighted by Crippen LogP contribution is 2.38. The number of nitrogens with zero attached hydrogens (tertiary/aromatic N) is 2. The van der Waals surface area contributed by atoms with E-state index >= 15 is 0 Å². The van der Waals surface area contributed by atoms with Gasteiger partial charge in [-0.1, -0.05) is 18.2 Å². The molecule has 3 rings (SSSR count). The molecule has 1 heterocycles. The highest BCUT2D eigenvalue weighted by Gasteiger charge is 2.26. The topological polar surface area (TPSA) is 73.2 Å². The number of amides is 1. The highest BCUT2D eigenvalue weighted by molar-refractivity contribution is 5.79. The SMILES string of the molecule is CC(C(=O)NCCOc1ccccc1)n1nc(C2CC2)ccc1=O. The fraction of sp³-hybridized carbons (Fsp3) is 0.389. The lowest BCUT2D eigenvalue weighted by molar-refractivity contribution is -0.124. The Bertz CT molecular complexity index is 754. The molecule has 0 spiro atoms. The molecule has 0 radical (unpaired) electrons. The van der Waals surface area contributed by atoms with E-state index in [2.05, 4.69) is 10.4 Å². The van der Waals surface area contributed by atoms with Crippen molar-refractivity contribution in [3.8, 4) is 5.75 Å². The average Bonchev–Trinajstić information content (AvgIpc) is 3.44. The average molecular weight is 327 g/mol. The van der Waals surface area contributed by atoms with E-state index < -0.39 is 6.04 Å². The van der Waals surface area contributed by atoms with Crippen molar-refractivity contribution < 1.29 is 9.53 Å². The van der Waals surface area contributed by atoms with Crippen LogP contribution in [0.4, 0.5) is 0 Å². The summed E-state index contributed by atoms with van der Waals surface area (Å²) in [5.41, 5.74) is 0.629. The Labute approximate surface area is 140 Å². The number of carbonyl (C=O) groups excluding carboxylic acids is 1. The fourth-order valence-corrected chi connectivity index (χ4v) is 2.43. The van der Waals surface area contributed by atoms with Crippen LogP contribution in [0.1, 0.15) is 37.4 Å². The van der Waals surface area contributed by atoms with Gasteiger partial charge in [-0.15, -0.1) is 0 Å². The predicted molar refractivity (Wildman–Crippen MR) is 90.1 cm³/mol. The third-order valence-electron chi connectivity index (χ3n) is 4.00. The Morgan fingerprint density at radius 2 is 2.04 bits per heavy atom. The molecular weight excluding hydrogens is 306 g/mol. The number of para-hydroxylation sites is 1. The van der Waals surface area contributed by atoms with E-state index in [1.165, 1.54) is 10.7 Å². The maximum Gasteiger partial charge on any atom is 0.267 e. The maximum absolute atomic E-state index is 12.2. The van der Waals surface area contributed by atoms with Crippen molar-refractivity contribution in [3.05, 3.63) is 58.5 Å². The summed E-state index contributed by atoms with van der Waals surface area (Å²) in [5.74, 6) is 0.954. The Kier molecular flexibility index (Phi) is 4.93. The van der Waals surface area contributed by atoms with Gasteiger partial charge in [0.2, 0.25) is 5.91 Å². The third kappa shape index (κ3) is 4.01. The third-order valence-corrected chi connectivity index (χ3v) is 4.00. The Morgan fingerprint density at radius 1 is 1.29 bits per heavy atom. The molecule has 1 N–H and O–H groups in total.